The van der Waals surface area contributed by atoms with Gasteiger partial charge in [-0.25, -0.2) is 4.98 Å². The van der Waals surface area contributed by atoms with Crippen molar-refractivity contribution in [2.75, 3.05) is 19.7 Å². The summed E-state index contributed by atoms with van der Waals surface area (Å²) in [6.07, 6.45) is 1.25. The van der Waals surface area contributed by atoms with Gasteiger partial charge in [-0.05, 0) is 53.0 Å². The first kappa shape index (κ1) is 22.8. The topological polar surface area (TPSA) is 81.5 Å². The second-order valence-electron chi connectivity index (χ2n) is 7.52. The first-order chi connectivity index (χ1) is 14.3. The van der Waals surface area contributed by atoms with Crippen LogP contribution in [0.1, 0.15) is 44.1 Å². The van der Waals surface area contributed by atoms with E-state index in [1.54, 1.807) is 16.4 Å². The van der Waals surface area contributed by atoms with Gasteiger partial charge in [0.1, 0.15) is 4.83 Å². The Labute approximate surface area is 184 Å². The number of nitrogens with zero attached hydrogens (tertiary/aromatic N) is 3. The van der Waals surface area contributed by atoms with Gasteiger partial charge in [-0.15, -0.1) is 11.3 Å². The molecule has 30 heavy (non-hydrogen) atoms. The molecule has 0 saturated carbocycles. The minimum atomic E-state index is -0.367. The van der Waals surface area contributed by atoms with Crippen molar-refractivity contribution in [2.24, 2.45) is 5.92 Å². The summed E-state index contributed by atoms with van der Waals surface area (Å²) in [5, 5.41) is 0.899. The van der Waals surface area contributed by atoms with Crippen molar-refractivity contribution < 1.29 is 14.3 Å². The molecule has 0 radical (unpaired) electrons. The van der Waals surface area contributed by atoms with E-state index in [4.69, 9.17) is 9.72 Å². The molecule has 1 aliphatic rings. The van der Waals surface area contributed by atoms with Gasteiger partial charge in [-0.1, -0.05) is 11.8 Å². The summed E-state index contributed by atoms with van der Waals surface area (Å²) in [7, 11) is 0. The molecule has 164 valence electrons. The third kappa shape index (κ3) is 4.42. The van der Waals surface area contributed by atoms with Crippen molar-refractivity contribution in [3.8, 4) is 0 Å². The predicted octanol–water partition coefficient (Wildman–Crippen LogP) is 3.38. The second kappa shape index (κ2) is 9.51. The number of hydrogen-bond donors (Lipinski definition) is 0. The van der Waals surface area contributed by atoms with Crippen LogP contribution in [0, 0.1) is 19.8 Å². The minimum absolute atomic E-state index is 0.0119. The molecule has 0 N–H and O–H groups in total. The number of thioether (sulfide) groups is 1. The number of thiophene rings is 1. The summed E-state index contributed by atoms with van der Waals surface area (Å²) < 4.78 is 6.76. The van der Waals surface area contributed by atoms with E-state index in [-0.39, 0.29) is 28.6 Å². The Balaban J connectivity index is 1.74. The zero-order chi connectivity index (χ0) is 22.0. The van der Waals surface area contributed by atoms with Gasteiger partial charge in [0.15, 0.2) is 5.16 Å². The molecule has 1 amide bonds. The standard InChI is InChI=1S/C21H29N3O4S2/c1-6-24-19(26)16-12(3)13(4)29-17(16)22-21(24)30-14(5)18(25)23-10-8-15(9-11-23)20(27)28-7-2/h14-15H,6-11H2,1-5H3/t14-/m0/s1. The fourth-order valence-corrected chi connectivity index (χ4v) is 5.87. The quantitative estimate of drug-likeness (QED) is 0.380. The van der Waals surface area contributed by atoms with Crippen LogP contribution in [0.25, 0.3) is 10.2 Å². The van der Waals surface area contributed by atoms with Crippen molar-refractivity contribution in [1.29, 1.82) is 0 Å². The van der Waals surface area contributed by atoms with E-state index in [0.29, 0.717) is 49.6 Å². The van der Waals surface area contributed by atoms with Crippen LogP contribution >= 0.6 is 23.1 Å². The largest absolute Gasteiger partial charge is 0.466 e. The van der Waals surface area contributed by atoms with Gasteiger partial charge in [0.2, 0.25) is 5.91 Å². The van der Waals surface area contributed by atoms with Crippen molar-refractivity contribution in [1.82, 2.24) is 14.5 Å². The molecule has 0 aromatic carbocycles. The highest BCUT2D eigenvalue weighted by atomic mass is 32.2. The van der Waals surface area contributed by atoms with Gasteiger partial charge < -0.3 is 9.64 Å². The van der Waals surface area contributed by atoms with E-state index in [1.807, 2.05) is 27.7 Å². The van der Waals surface area contributed by atoms with Crippen LogP contribution in [-0.4, -0.2) is 51.3 Å². The molecule has 0 aliphatic carbocycles. The predicted molar refractivity (Wildman–Crippen MR) is 120 cm³/mol. The molecule has 2 aromatic heterocycles. The van der Waals surface area contributed by atoms with E-state index >= 15 is 0 Å². The summed E-state index contributed by atoms with van der Waals surface area (Å²) >= 11 is 2.85. The van der Waals surface area contributed by atoms with Crippen LogP contribution < -0.4 is 5.56 Å². The first-order valence-corrected chi connectivity index (χ1v) is 12.1. The number of fused-ring (bicyclic) bond motifs is 1. The lowest BCUT2D eigenvalue weighted by Gasteiger charge is -2.32. The maximum atomic E-state index is 13.0. The number of esters is 1. The summed E-state index contributed by atoms with van der Waals surface area (Å²) in [6, 6.07) is 0. The van der Waals surface area contributed by atoms with Gasteiger partial charge >= 0.3 is 5.97 Å². The van der Waals surface area contributed by atoms with Gasteiger partial charge in [-0.2, -0.15) is 0 Å². The first-order valence-electron chi connectivity index (χ1n) is 10.4. The number of amides is 1. The number of piperidine rings is 1. The zero-order valence-electron chi connectivity index (χ0n) is 18.2. The molecule has 3 heterocycles. The van der Waals surface area contributed by atoms with Crippen molar-refractivity contribution >= 4 is 45.2 Å². The summed E-state index contributed by atoms with van der Waals surface area (Å²) in [5.74, 6) is -0.285. The Morgan fingerprint density at radius 2 is 1.93 bits per heavy atom. The van der Waals surface area contributed by atoms with Gasteiger partial charge in [0, 0.05) is 24.5 Å². The lowest BCUT2D eigenvalue weighted by molar-refractivity contribution is -0.151. The van der Waals surface area contributed by atoms with Crippen molar-refractivity contribution in [2.45, 2.75) is 64.4 Å². The fraction of sp³-hybridized carbons (Fsp3) is 0.619. The van der Waals surface area contributed by atoms with Crippen molar-refractivity contribution in [3.05, 3.63) is 20.8 Å². The van der Waals surface area contributed by atoms with Crippen LogP contribution in [0.3, 0.4) is 0 Å². The summed E-state index contributed by atoms with van der Waals surface area (Å²) in [4.78, 5) is 46.3. The number of carbonyl (C=O) groups is 2. The van der Waals surface area contributed by atoms with Crippen LogP contribution in [0.2, 0.25) is 0 Å². The van der Waals surface area contributed by atoms with Crippen LogP contribution in [-0.2, 0) is 20.9 Å². The van der Waals surface area contributed by atoms with Gasteiger partial charge in [0.25, 0.3) is 5.56 Å². The molecule has 2 aromatic rings. The number of likely N-dealkylation sites (tertiary alicyclic amines) is 1. The Morgan fingerprint density at radius 3 is 2.53 bits per heavy atom. The fourth-order valence-electron chi connectivity index (χ4n) is 3.74. The molecule has 1 atom stereocenters. The molecule has 7 nitrogen and oxygen atoms in total. The third-order valence-electron chi connectivity index (χ3n) is 5.63. The number of aryl methyl sites for hydroxylation is 2. The molecule has 1 aliphatic heterocycles. The van der Waals surface area contributed by atoms with Crippen LogP contribution in [0.5, 0.6) is 0 Å². The highest BCUT2D eigenvalue weighted by Crippen LogP contribution is 2.30. The zero-order valence-corrected chi connectivity index (χ0v) is 19.8. The smallest absolute Gasteiger partial charge is 0.309 e. The molecule has 1 fully saturated rings. The molecule has 1 saturated heterocycles. The van der Waals surface area contributed by atoms with Crippen molar-refractivity contribution in [3.63, 3.8) is 0 Å². The number of hydrogen-bond acceptors (Lipinski definition) is 7. The van der Waals surface area contributed by atoms with Gasteiger partial charge in [0.05, 0.1) is 23.2 Å². The monoisotopic (exact) mass is 451 g/mol. The van der Waals surface area contributed by atoms with Crippen LogP contribution in [0.15, 0.2) is 9.95 Å². The lowest BCUT2D eigenvalue weighted by atomic mass is 9.97. The third-order valence-corrected chi connectivity index (χ3v) is 7.81. The molecule has 0 spiro atoms. The summed E-state index contributed by atoms with van der Waals surface area (Å²) in [6.45, 7) is 11.5. The minimum Gasteiger partial charge on any atom is -0.466 e. The number of rotatable bonds is 6. The molecule has 3 rings (SSSR count). The van der Waals surface area contributed by atoms with E-state index in [1.165, 1.54) is 23.1 Å². The Hall–Kier alpha value is -1.87. The number of ether oxygens (including phenoxy) is 1. The van der Waals surface area contributed by atoms with E-state index in [0.717, 1.165) is 15.3 Å². The highest BCUT2D eigenvalue weighted by molar-refractivity contribution is 8.00. The van der Waals surface area contributed by atoms with E-state index in [9.17, 15) is 14.4 Å². The second-order valence-corrected chi connectivity index (χ2v) is 10.0. The summed E-state index contributed by atoms with van der Waals surface area (Å²) in [5.41, 5.74) is 0.946. The van der Waals surface area contributed by atoms with Crippen LogP contribution in [0.4, 0.5) is 0 Å². The molecule has 0 bridgehead atoms. The number of aromatic nitrogens is 2. The Morgan fingerprint density at radius 1 is 1.27 bits per heavy atom. The maximum Gasteiger partial charge on any atom is 0.309 e. The average molecular weight is 452 g/mol. The highest BCUT2D eigenvalue weighted by Gasteiger charge is 2.31. The normalized spacial score (nSPS) is 16.1. The number of carbonyl (C=O) groups excluding carboxylic acids is 2. The molecule has 0 unspecified atom stereocenters. The van der Waals surface area contributed by atoms with E-state index < -0.39 is 0 Å². The molecule has 9 heteroatoms. The maximum absolute atomic E-state index is 13.0. The lowest BCUT2D eigenvalue weighted by Crippen LogP contribution is -2.43. The SMILES string of the molecule is CCOC(=O)C1CCN(C(=O)[C@H](C)Sc2nc3sc(C)c(C)c3c(=O)n2CC)CC1. The molecular formula is C21H29N3O4S2. The van der Waals surface area contributed by atoms with E-state index in [2.05, 4.69) is 0 Å². The van der Waals surface area contributed by atoms with Gasteiger partial charge in [-0.3, -0.25) is 19.0 Å². The molecular weight excluding hydrogens is 422 g/mol. The average Bonchev–Trinajstić information content (AvgIpc) is 3.01. The Kier molecular flexibility index (Phi) is 7.23. The Bertz CT molecular complexity index is 1010.